The quantitative estimate of drug-likeness (QED) is 0.909. The third-order valence-electron chi connectivity index (χ3n) is 4.57. The molecule has 2 aliphatic rings. The molecule has 1 N–H and O–H groups in total. The fourth-order valence-electron chi connectivity index (χ4n) is 3.43. The molecule has 0 radical (unpaired) electrons. The predicted molar refractivity (Wildman–Crippen MR) is 85.8 cm³/mol. The first-order valence-electron chi connectivity index (χ1n) is 7.56. The van der Waals surface area contributed by atoms with E-state index in [1.807, 2.05) is 18.2 Å². The number of amides is 1. The van der Waals surface area contributed by atoms with E-state index in [0.29, 0.717) is 17.6 Å². The van der Waals surface area contributed by atoms with Gasteiger partial charge in [0, 0.05) is 24.2 Å². The topological polar surface area (TPSA) is 41.6 Å². The Hall–Kier alpha value is -1.07. The van der Waals surface area contributed by atoms with Crippen molar-refractivity contribution in [1.29, 1.82) is 0 Å². The normalized spacial score (nSPS) is 25.4. The van der Waals surface area contributed by atoms with Crippen LogP contribution >= 0.6 is 15.9 Å². The number of rotatable bonds is 3. The Labute approximate surface area is 134 Å². The Morgan fingerprint density at radius 3 is 3.00 bits per heavy atom. The lowest BCUT2D eigenvalue weighted by Gasteiger charge is -2.35. The van der Waals surface area contributed by atoms with Gasteiger partial charge in [0.15, 0.2) is 0 Å². The first kappa shape index (κ1) is 14.9. The van der Waals surface area contributed by atoms with Crippen LogP contribution in [0.1, 0.15) is 36.0 Å². The molecule has 114 valence electrons. The van der Waals surface area contributed by atoms with Gasteiger partial charge in [0.2, 0.25) is 0 Å². The Morgan fingerprint density at radius 1 is 1.38 bits per heavy atom. The second kappa shape index (κ2) is 6.36. The van der Waals surface area contributed by atoms with Gasteiger partial charge in [0.05, 0.1) is 11.6 Å². The molecule has 0 aliphatic carbocycles. The molecule has 5 heteroatoms. The van der Waals surface area contributed by atoms with Crippen molar-refractivity contribution in [3.8, 4) is 5.75 Å². The summed E-state index contributed by atoms with van der Waals surface area (Å²) >= 11 is 3.43. The molecule has 2 aliphatic heterocycles. The zero-order valence-corrected chi connectivity index (χ0v) is 13.9. The minimum atomic E-state index is 0.00907. The molecule has 0 bridgehead atoms. The van der Waals surface area contributed by atoms with Crippen molar-refractivity contribution < 1.29 is 9.53 Å². The number of halogens is 1. The highest BCUT2D eigenvalue weighted by atomic mass is 79.9. The van der Waals surface area contributed by atoms with Crippen LogP contribution in [0, 0.1) is 0 Å². The molecule has 4 nitrogen and oxygen atoms in total. The van der Waals surface area contributed by atoms with Crippen LogP contribution in [-0.4, -0.2) is 43.1 Å². The van der Waals surface area contributed by atoms with Crippen molar-refractivity contribution in [2.45, 2.75) is 37.8 Å². The molecule has 1 amide bonds. The number of hydrogen-bond acceptors (Lipinski definition) is 3. The van der Waals surface area contributed by atoms with Crippen LogP contribution in [-0.2, 0) is 0 Å². The van der Waals surface area contributed by atoms with Crippen molar-refractivity contribution in [3.05, 3.63) is 28.2 Å². The number of methoxy groups -OCH3 is 1. The number of nitrogens with zero attached hydrogens (tertiary/aromatic N) is 1. The summed E-state index contributed by atoms with van der Waals surface area (Å²) in [4.78, 5) is 14.9. The van der Waals surface area contributed by atoms with Gasteiger partial charge in [-0.25, -0.2) is 0 Å². The third kappa shape index (κ3) is 3.24. The maximum absolute atomic E-state index is 12.4. The number of carbonyl (C=O) groups excluding carboxylic acids is 1. The van der Waals surface area contributed by atoms with E-state index in [4.69, 9.17) is 4.74 Å². The molecule has 2 unspecified atom stereocenters. The van der Waals surface area contributed by atoms with Crippen LogP contribution in [0.3, 0.4) is 0 Å². The summed E-state index contributed by atoms with van der Waals surface area (Å²) in [6.07, 6.45) is 4.72. The smallest absolute Gasteiger partial charge is 0.251 e. The fourth-order valence-corrected chi connectivity index (χ4v) is 3.97. The summed E-state index contributed by atoms with van der Waals surface area (Å²) in [5.41, 5.74) is 0.677. The molecule has 2 fully saturated rings. The lowest BCUT2D eigenvalue weighted by atomic mass is 9.97. The first-order chi connectivity index (χ1) is 10.2. The lowest BCUT2D eigenvalue weighted by Crippen LogP contribution is -2.47. The number of nitrogens with one attached hydrogen (secondary N) is 1. The fraction of sp³-hybridized carbons (Fsp3) is 0.562. The number of ether oxygens (including phenoxy) is 1. The number of carbonyl (C=O) groups is 1. The van der Waals surface area contributed by atoms with E-state index >= 15 is 0 Å². The van der Waals surface area contributed by atoms with Crippen LogP contribution in [0.2, 0.25) is 0 Å². The maximum Gasteiger partial charge on any atom is 0.251 e. The molecule has 2 saturated heterocycles. The van der Waals surface area contributed by atoms with Gasteiger partial charge < -0.3 is 15.0 Å². The van der Waals surface area contributed by atoms with E-state index in [0.717, 1.165) is 29.6 Å². The molecule has 3 rings (SSSR count). The van der Waals surface area contributed by atoms with Crippen molar-refractivity contribution >= 4 is 21.8 Å². The predicted octanol–water partition coefficient (Wildman–Crippen LogP) is 2.81. The van der Waals surface area contributed by atoms with Crippen LogP contribution in [0.15, 0.2) is 22.7 Å². The monoisotopic (exact) mass is 352 g/mol. The second-order valence-electron chi connectivity index (χ2n) is 5.88. The number of benzene rings is 1. The van der Waals surface area contributed by atoms with E-state index in [9.17, 15) is 4.79 Å². The lowest BCUT2D eigenvalue weighted by molar-refractivity contribution is 0.0896. The summed E-state index contributed by atoms with van der Waals surface area (Å²) in [6, 6.07) is 6.42. The summed E-state index contributed by atoms with van der Waals surface area (Å²) < 4.78 is 6.00. The highest BCUT2D eigenvalue weighted by Gasteiger charge is 2.32. The van der Waals surface area contributed by atoms with E-state index in [-0.39, 0.29) is 5.91 Å². The Morgan fingerprint density at radius 2 is 2.24 bits per heavy atom. The van der Waals surface area contributed by atoms with Crippen LogP contribution in [0.5, 0.6) is 5.75 Å². The zero-order chi connectivity index (χ0) is 14.8. The third-order valence-corrected chi connectivity index (χ3v) is 5.19. The summed E-state index contributed by atoms with van der Waals surface area (Å²) in [5, 5.41) is 3.19. The van der Waals surface area contributed by atoms with Gasteiger partial charge in [-0.05, 0) is 66.4 Å². The molecule has 1 aromatic rings. The Bertz CT molecular complexity index is 535. The number of fused-ring (bicyclic) bond motifs is 1. The highest BCUT2D eigenvalue weighted by molar-refractivity contribution is 9.10. The van der Waals surface area contributed by atoms with E-state index in [2.05, 4.69) is 26.1 Å². The van der Waals surface area contributed by atoms with E-state index in [1.165, 1.54) is 19.4 Å². The SMILES string of the molecule is COc1ccc(C(=O)NC2CCN3CCCC3C2)cc1Br. The molecule has 0 spiro atoms. The van der Waals surface area contributed by atoms with Crippen LogP contribution in [0.4, 0.5) is 0 Å². The van der Waals surface area contributed by atoms with Gasteiger partial charge >= 0.3 is 0 Å². The van der Waals surface area contributed by atoms with Gasteiger partial charge in [-0.15, -0.1) is 0 Å². The average Bonchev–Trinajstić information content (AvgIpc) is 2.94. The zero-order valence-electron chi connectivity index (χ0n) is 12.3. The summed E-state index contributed by atoms with van der Waals surface area (Å²) in [7, 11) is 1.62. The summed E-state index contributed by atoms with van der Waals surface area (Å²) in [6.45, 7) is 2.35. The molecule has 2 heterocycles. The molecular weight excluding hydrogens is 332 g/mol. The van der Waals surface area contributed by atoms with Gasteiger partial charge in [-0.1, -0.05) is 0 Å². The van der Waals surface area contributed by atoms with E-state index < -0.39 is 0 Å². The van der Waals surface area contributed by atoms with Crippen molar-refractivity contribution in [1.82, 2.24) is 10.2 Å². The standard InChI is InChI=1S/C16H21BrN2O2/c1-21-15-5-4-11(9-14(15)17)16(20)18-12-6-8-19-7-2-3-13(19)10-12/h4-5,9,12-13H,2-3,6-8,10H2,1H3,(H,18,20). The maximum atomic E-state index is 12.4. The second-order valence-corrected chi connectivity index (χ2v) is 6.73. The van der Waals surface area contributed by atoms with Gasteiger partial charge in [-0.2, -0.15) is 0 Å². The largest absolute Gasteiger partial charge is 0.496 e. The number of hydrogen-bond donors (Lipinski definition) is 1. The van der Waals surface area contributed by atoms with Crippen LogP contribution < -0.4 is 10.1 Å². The van der Waals surface area contributed by atoms with Crippen molar-refractivity contribution in [2.75, 3.05) is 20.2 Å². The van der Waals surface area contributed by atoms with Crippen molar-refractivity contribution in [2.24, 2.45) is 0 Å². The minimum Gasteiger partial charge on any atom is -0.496 e. The van der Waals surface area contributed by atoms with Gasteiger partial charge in [0.25, 0.3) is 5.91 Å². The summed E-state index contributed by atoms with van der Waals surface area (Å²) in [5.74, 6) is 0.751. The van der Waals surface area contributed by atoms with Gasteiger partial charge in [0.1, 0.15) is 5.75 Å². The highest BCUT2D eigenvalue weighted by Crippen LogP contribution is 2.28. The minimum absolute atomic E-state index is 0.00907. The molecule has 21 heavy (non-hydrogen) atoms. The number of piperidine rings is 1. The molecular formula is C16H21BrN2O2. The molecule has 0 aromatic heterocycles. The Balaban J connectivity index is 1.62. The van der Waals surface area contributed by atoms with Gasteiger partial charge in [-0.3, -0.25) is 4.79 Å². The van der Waals surface area contributed by atoms with Crippen molar-refractivity contribution in [3.63, 3.8) is 0 Å². The molecule has 1 aromatic carbocycles. The molecule has 0 saturated carbocycles. The Kier molecular flexibility index (Phi) is 4.50. The van der Waals surface area contributed by atoms with E-state index in [1.54, 1.807) is 7.11 Å². The molecule has 2 atom stereocenters. The first-order valence-corrected chi connectivity index (χ1v) is 8.35. The van der Waals surface area contributed by atoms with Crippen LogP contribution in [0.25, 0.3) is 0 Å². The average molecular weight is 353 g/mol.